The lowest BCUT2D eigenvalue weighted by Crippen LogP contribution is -1.84. The molecule has 1 heterocycles. The van der Waals surface area contributed by atoms with Crippen LogP contribution in [0.1, 0.15) is 5.82 Å². The summed E-state index contributed by atoms with van der Waals surface area (Å²) in [6.07, 6.45) is 0. The van der Waals surface area contributed by atoms with Gasteiger partial charge in [0.25, 0.3) is 0 Å². The van der Waals surface area contributed by atoms with Crippen molar-refractivity contribution >= 4 is 15.9 Å². The van der Waals surface area contributed by atoms with Crippen molar-refractivity contribution in [3.63, 3.8) is 0 Å². The number of halogens is 1. The Morgan fingerprint density at radius 1 is 1.40 bits per heavy atom. The molecule has 0 bridgehead atoms. The van der Waals surface area contributed by atoms with Crippen LogP contribution >= 0.6 is 15.9 Å². The van der Waals surface area contributed by atoms with E-state index in [2.05, 4.69) is 25.9 Å². The van der Waals surface area contributed by atoms with Crippen LogP contribution in [0.4, 0.5) is 0 Å². The Balaban J connectivity index is 2.49. The summed E-state index contributed by atoms with van der Waals surface area (Å²) in [5.41, 5.74) is 1.94. The number of hydrogen-bond donors (Lipinski definition) is 1. The van der Waals surface area contributed by atoms with Crippen molar-refractivity contribution in [1.82, 2.24) is 9.97 Å². The van der Waals surface area contributed by atoms with E-state index in [1.165, 1.54) is 0 Å². The van der Waals surface area contributed by atoms with Crippen LogP contribution in [0.15, 0.2) is 28.9 Å². The number of aromatic amines is 1. The molecule has 0 atom stereocenters. The highest BCUT2D eigenvalue weighted by molar-refractivity contribution is 9.10. The van der Waals surface area contributed by atoms with Crippen molar-refractivity contribution in [2.24, 2.45) is 0 Å². The van der Waals surface area contributed by atoms with Gasteiger partial charge in [-0.05, 0) is 35.0 Å². The minimum absolute atomic E-state index is 0.833. The van der Waals surface area contributed by atoms with Crippen LogP contribution in [0.5, 0.6) is 5.75 Å². The van der Waals surface area contributed by atoms with Crippen LogP contribution in [0.2, 0.25) is 0 Å². The monoisotopic (exact) mass is 266 g/mol. The van der Waals surface area contributed by atoms with Gasteiger partial charge in [-0.1, -0.05) is 12.1 Å². The predicted molar refractivity (Wildman–Crippen MR) is 63.0 cm³/mol. The molecule has 1 aromatic heterocycles. The second-order valence-electron chi connectivity index (χ2n) is 3.22. The summed E-state index contributed by atoms with van der Waals surface area (Å²) < 4.78 is 6.07. The third-order valence-electron chi connectivity index (χ3n) is 2.12. The molecule has 0 spiro atoms. The number of nitrogens with zero attached hydrogens (tertiary/aromatic N) is 1. The second kappa shape index (κ2) is 4.06. The Morgan fingerprint density at radius 2 is 2.20 bits per heavy atom. The molecule has 0 amide bonds. The first-order valence-electron chi connectivity index (χ1n) is 4.57. The normalized spacial score (nSPS) is 10.3. The molecule has 0 saturated carbocycles. The Bertz CT molecular complexity index is 479. The quantitative estimate of drug-likeness (QED) is 0.907. The Kier molecular flexibility index (Phi) is 2.77. The topological polar surface area (TPSA) is 37.9 Å². The van der Waals surface area contributed by atoms with Gasteiger partial charge in [0.05, 0.1) is 7.11 Å². The number of H-pyrrole nitrogens is 1. The minimum atomic E-state index is 0.833. The molecule has 0 fully saturated rings. The molecule has 0 aliphatic carbocycles. The van der Waals surface area contributed by atoms with Crippen molar-refractivity contribution in [3.8, 4) is 17.0 Å². The third kappa shape index (κ3) is 2.04. The van der Waals surface area contributed by atoms with Gasteiger partial charge >= 0.3 is 0 Å². The molecule has 15 heavy (non-hydrogen) atoms. The average Bonchev–Trinajstić information content (AvgIpc) is 2.58. The first-order chi connectivity index (χ1) is 7.20. The van der Waals surface area contributed by atoms with Crippen LogP contribution in [0.25, 0.3) is 11.3 Å². The van der Waals surface area contributed by atoms with E-state index in [0.29, 0.717) is 0 Å². The largest absolute Gasteiger partial charge is 0.497 e. The third-order valence-corrected chi connectivity index (χ3v) is 2.70. The molecule has 1 aromatic carbocycles. The van der Waals surface area contributed by atoms with E-state index in [1.54, 1.807) is 7.11 Å². The summed E-state index contributed by atoms with van der Waals surface area (Å²) in [5, 5.41) is 0. The summed E-state index contributed by atoms with van der Waals surface area (Å²) in [6, 6.07) is 7.82. The lowest BCUT2D eigenvalue weighted by atomic mass is 10.1. The standard InChI is InChI=1S/C11H11BrN2O/c1-7-13-10(11(12)14-7)8-4-3-5-9(6-8)15-2/h3-6H,1-2H3,(H,13,14). The zero-order valence-corrected chi connectivity index (χ0v) is 10.1. The molecule has 2 rings (SSSR count). The van der Waals surface area contributed by atoms with E-state index in [4.69, 9.17) is 4.74 Å². The predicted octanol–water partition coefficient (Wildman–Crippen LogP) is 3.16. The highest BCUT2D eigenvalue weighted by atomic mass is 79.9. The van der Waals surface area contributed by atoms with Crippen LogP contribution in [0.3, 0.4) is 0 Å². The van der Waals surface area contributed by atoms with Gasteiger partial charge in [-0.25, -0.2) is 4.98 Å². The van der Waals surface area contributed by atoms with E-state index in [9.17, 15) is 0 Å². The Hall–Kier alpha value is -1.29. The molecule has 1 N–H and O–H groups in total. The number of rotatable bonds is 2. The number of aryl methyl sites for hydroxylation is 1. The number of ether oxygens (including phenoxy) is 1. The Labute approximate surface area is 96.6 Å². The maximum absolute atomic E-state index is 5.17. The van der Waals surface area contributed by atoms with Gasteiger partial charge in [-0.15, -0.1) is 0 Å². The fourth-order valence-electron chi connectivity index (χ4n) is 1.42. The van der Waals surface area contributed by atoms with Gasteiger partial charge in [0.2, 0.25) is 0 Å². The lowest BCUT2D eigenvalue weighted by molar-refractivity contribution is 0.415. The SMILES string of the molecule is COc1cccc(-c2nc(C)[nH]c2Br)c1. The van der Waals surface area contributed by atoms with Crippen molar-refractivity contribution < 1.29 is 4.74 Å². The summed E-state index contributed by atoms with van der Waals surface area (Å²) in [4.78, 5) is 7.51. The summed E-state index contributed by atoms with van der Waals surface area (Å²) >= 11 is 3.44. The number of hydrogen-bond acceptors (Lipinski definition) is 2. The molecule has 0 saturated heterocycles. The van der Waals surface area contributed by atoms with Crippen molar-refractivity contribution in [2.45, 2.75) is 6.92 Å². The summed E-state index contributed by atoms with van der Waals surface area (Å²) in [6.45, 7) is 1.93. The van der Waals surface area contributed by atoms with Crippen LogP contribution in [-0.4, -0.2) is 17.1 Å². The van der Waals surface area contributed by atoms with Crippen molar-refractivity contribution in [3.05, 3.63) is 34.7 Å². The molecule has 2 aromatic rings. The molecular weight excluding hydrogens is 256 g/mol. The highest BCUT2D eigenvalue weighted by Crippen LogP contribution is 2.28. The van der Waals surface area contributed by atoms with Crippen LogP contribution in [-0.2, 0) is 0 Å². The van der Waals surface area contributed by atoms with Crippen LogP contribution < -0.4 is 4.74 Å². The number of aromatic nitrogens is 2. The van der Waals surface area contributed by atoms with E-state index in [1.807, 2.05) is 31.2 Å². The molecule has 3 nitrogen and oxygen atoms in total. The zero-order valence-electron chi connectivity index (χ0n) is 8.54. The molecular formula is C11H11BrN2O. The van der Waals surface area contributed by atoms with Crippen molar-refractivity contribution in [1.29, 1.82) is 0 Å². The van der Waals surface area contributed by atoms with Gasteiger partial charge in [0, 0.05) is 5.56 Å². The molecule has 0 aliphatic heterocycles. The Morgan fingerprint density at radius 3 is 2.80 bits per heavy atom. The summed E-state index contributed by atoms with van der Waals surface area (Å²) in [7, 11) is 1.66. The van der Waals surface area contributed by atoms with Gasteiger partial charge in [-0.3, -0.25) is 0 Å². The lowest BCUT2D eigenvalue weighted by Gasteiger charge is -2.02. The van der Waals surface area contributed by atoms with Crippen LogP contribution in [0, 0.1) is 6.92 Å². The van der Waals surface area contributed by atoms with Crippen molar-refractivity contribution in [2.75, 3.05) is 7.11 Å². The van der Waals surface area contributed by atoms with Gasteiger partial charge in [0.1, 0.15) is 21.9 Å². The molecule has 0 radical (unpaired) electrons. The molecule has 78 valence electrons. The first kappa shape index (κ1) is 10.2. The smallest absolute Gasteiger partial charge is 0.119 e. The maximum Gasteiger partial charge on any atom is 0.119 e. The number of imidazole rings is 1. The fourth-order valence-corrected chi connectivity index (χ4v) is 2.03. The molecule has 0 aliphatic rings. The first-order valence-corrected chi connectivity index (χ1v) is 5.36. The molecule has 0 unspecified atom stereocenters. The zero-order chi connectivity index (χ0) is 10.8. The minimum Gasteiger partial charge on any atom is -0.497 e. The molecule has 4 heteroatoms. The number of methoxy groups -OCH3 is 1. The van der Waals surface area contributed by atoms with E-state index in [-0.39, 0.29) is 0 Å². The average molecular weight is 267 g/mol. The second-order valence-corrected chi connectivity index (χ2v) is 4.01. The van der Waals surface area contributed by atoms with E-state index < -0.39 is 0 Å². The van der Waals surface area contributed by atoms with Gasteiger partial charge in [0.15, 0.2) is 0 Å². The number of benzene rings is 1. The number of nitrogens with one attached hydrogen (secondary N) is 1. The highest BCUT2D eigenvalue weighted by Gasteiger charge is 2.08. The van der Waals surface area contributed by atoms with Gasteiger partial charge in [-0.2, -0.15) is 0 Å². The van der Waals surface area contributed by atoms with Gasteiger partial charge < -0.3 is 9.72 Å². The van der Waals surface area contributed by atoms with E-state index in [0.717, 1.165) is 27.4 Å². The summed E-state index contributed by atoms with van der Waals surface area (Å²) in [5.74, 6) is 1.72. The maximum atomic E-state index is 5.17. The van der Waals surface area contributed by atoms with E-state index >= 15 is 0 Å². The fraction of sp³-hybridized carbons (Fsp3) is 0.182.